The topological polar surface area (TPSA) is 63.1 Å². The van der Waals surface area contributed by atoms with E-state index in [1.165, 1.54) is 23.8 Å². The van der Waals surface area contributed by atoms with Gasteiger partial charge in [0.15, 0.2) is 0 Å². The number of rotatable bonds is 7. The standard InChI is InChI=1S/C29H30F3N5O/c1-2-37-26(38)18-24(21-8-10-22(11-9-21)29(30,31)32)25-19-34-28(35-27(25)37)36-16-13-23(14-17-36)33-15-12-20-6-4-3-5-7-20/h3-11,18-19,23,33H,2,12-17H2,1H3. The summed E-state index contributed by atoms with van der Waals surface area (Å²) in [5, 5.41) is 4.28. The molecule has 1 aliphatic heterocycles. The fraction of sp³-hybridized carbons (Fsp3) is 0.345. The van der Waals surface area contributed by atoms with E-state index in [-0.39, 0.29) is 5.56 Å². The van der Waals surface area contributed by atoms with Gasteiger partial charge in [-0.2, -0.15) is 18.2 Å². The molecule has 0 amide bonds. The minimum absolute atomic E-state index is 0.249. The van der Waals surface area contributed by atoms with Crippen LogP contribution in [0.15, 0.2) is 71.7 Å². The highest BCUT2D eigenvalue weighted by molar-refractivity contribution is 5.92. The normalized spacial score (nSPS) is 14.8. The molecule has 38 heavy (non-hydrogen) atoms. The molecule has 0 radical (unpaired) electrons. The molecule has 1 fully saturated rings. The van der Waals surface area contributed by atoms with Gasteiger partial charge >= 0.3 is 6.18 Å². The monoisotopic (exact) mass is 521 g/mol. The van der Waals surface area contributed by atoms with Crippen LogP contribution in [-0.2, 0) is 19.1 Å². The predicted molar refractivity (Wildman–Crippen MR) is 143 cm³/mol. The Morgan fingerprint density at radius 2 is 1.74 bits per heavy atom. The highest BCUT2D eigenvalue weighted by atomic mass is 19.4. The molecular formula is C29H30F3N5O. The average molecular weight is 522 g/mol. The van der Waals surface area contributed by atoms with Crippen molar-refractivity contribution in [2.75, 3.05) is 24.5 Å². The van der Waals surface area contributed by atoms with Crippen molar-refractivity contribution >= 4 is 17.0 Å². The number of nitrogens with one attached hydrogen (secondary N) is 1. The first-order valence-corrected chi connectivity index (χ1v) is 12.9. The van der Waals surface area contributed by atoms with E-state index in [0.717, 1.165) is 51.0 Å². The average Bonchev–Trinajstić information content (AvgIpc) is 2.93. The van der Waals surface area contributed by atoms with Crippen LogP contribution >= 0.6 is 0 Å². The Labute approximate surface area is 219 Å². The van der Waals surface area contributed by atoms with Crippen LogP contribution in [0.3, 0.4) is 0 Å². The summed E-state index contributed by atoms with van der Waals surface area (Å²) in [6.45, 7) is 4.81. The van der Waals surface area contributed by atoms with Crippen LogP contribution in [0.2, 0.25) is 0 Å². The molecule has 4 aromatic rings. The van der Waals surface area contributed by atoms with Gasteiger partial charge in [-0.25, -0.2) is 4.98 Å². The zero-order chi connectivity index (χ0) is 26.7. The van der Waals surface area contributed by atoms with Gasteiger partial charge in [0.2, 0.25) is 5.95 Å². The number of pyridine rings is 1. The van der Waals surface area contributed by atoms with E-state index in [0.29, 0.717) is 40.7 Å². The van der Waals surface area contributed by atoms with Gasteiger partial charge in [0.25, 0.3) is 5.56 Å². The van der Waals surface area contributed by atoms with E-state index in [1.807, 2.05) is 13.0 Å². The molecule has 0 atom stereocenters. The lowest BCUT2D eigenvalue weighted by molar-refractivity contribution is -0.137. The third-order valence-electron chi connectivity index (χ3n) is 7.14. The Morgan fingerprint density at radius 1 is 1.03 bits per heavy atom. The summed E-state index contributed by atoms with van der Waals surface area (Å²) in [6, 6.07) is 17.1. The Kier molecular flexibility index (Phi) is 7.46. The van der Waals surface area contributed by atoms with Crippen LogP contribution in [-0.4, -0.2) is 40.2 Å². The second-order valence-electron chi connectivity index (χ2n) is 9.57. The number of hydrogen-bond acceptors (Lipinski definition) is 5. The smallest absolute Gasteiger partial charge is 0.341 e. The van der Waals surface area contributed by atoms with E-state index in [4.69, 9.17) is 4.98 Å². The molecule has 1 saturated heterocycles. The number of benzene rings is 2. The van der Waals surface area contributed by atoms with E-state index < -0.39 is 11.7 Å². The molecule has 2 aromatic heterocycles. The third-order valence-corrected chi connectivity index (χ3v) is 7.14. The molecule has 0 unspecified atom stereocenters. The molecule has 198 valence electrons. The zero-order valence-electron chi connectivity index (χ0n) is 21.2. The van der Waals surface area contributed by atoms with Crippen LogP contribution < -0.4 is 15.8 Å². The maximum absolute atomic E-state index is 13.0. The lowest BCUT2D eigenvalue weighted by Gasteiger charge is -2.32. The van der Waals surface area contributed by atoms with Gasteiger partial charge in [-0.15, -0.1) is 0 Å². The SMILES string of the molecule is CCn1c(=O)cc(-c2ccc(C(F)(F)F)cc2)c2cnc(N3CCC(NCCc4ccccc4)CC3)nc21. The van der Waals surface area contributed by atoms with Gasteiger partial charge in [0.05, 0.1) is 5.56 Å². The Morgan fingerprint density at radius 3 is 2.39 bits per heavy atom. The maximum Gasteiger partial charge on any atom is 0.416 e. The van der Waals surface area contributed by atoms with Gasteiger partial charge < -0.3 is 10.2 Å². The fourth-order valence-electron chi connectivity index (χ4n) is 5.03. The third kappa shape index (κ3) is 5.57. The molecule has 1 N–H and O–H groups in total. The minimum atomic E-state index is -4.42. The number of alkyl halides is 3. The number of fused-ring (bicyclic) bond motifs is 1. The molecule has 2 aromatic carbocycles. The molecular weight excluding hydrogens is 491 g/mol. The molecule has 3 heterocycles. The van der Waals surface area contributed by atoms with Gasteiger partial charge in [0.1, 0.15) is 5.65 Å². The van der Waals surface area contributed by atoms with Crippen molar-refractivity contribution in [1.82, 2.24) is 19.9 Å². The number of anilines is 1. The second kappa shape index (κ2) is 10.9. The van der Waals surface area contributed by atoms with Crippen LogP contribution in [0.25, 0.3) is 22.2 Å². The van der Waals surface area contributed by atoms with Gasteiger partial charge in [-0.3, -0.25) is 9.36 Å². The lowest BCUT2D eigenvalue weighted by atomic mass is 10.0. The van der Waals surface area contributed by atoms with Crippen molar-refractivity contribution in [1.29, 1.82) is 0 Å². The molecule has 5 rings (SSSR count). The summed E-state index contributed by atoms with van der Waals surface area (Å²) in [5.41, 5.74) is 1.87. The van der Waals surface area contributed by atoms with Crippen molar-refractivity contribution < 1.29 is 13.2 Å². The predicted octanol–water partition coefficient (Wildman–Crippen LogP) is 5.30. The zero-order valence-corrected chi connectivity index (χ0v) is 21.2. The van der Waals surface area contributed by atoms with Crippen molar-refractivity contribution in [2.24, 2.45) is 0 Å². The first kappa shape index (κ1) is 25.9. The summed E-state index contributed by atoms with van der Waals surface area (Å²) in [7, 11) is 0. The fourth-order valence-corrected chi connectivity index (χ4v) is 5.03. The van der Waals surface area contributed by atoms with E-state index >= 15 is 0 Å². The summed E-state index contributed by atoms with van der Waals surface area (Å²) in [5.74, 6) is 0.561. The van der Waals surface area contributed by atoms with Crippen molar-refractivity contribution in [3.05, 3.63) is 88.3 Å². The number of nitrogens with zero attached hydrogens (tertiary/aromatic N) is 4. The van der Waals surface area contributed by atoms with Crippen LogP contribution in [0.1, 0.15) is 30.9 Å². The van der Waals surface area contributed by atoms with Crippen LogP contribution in [0.4, 0.5) is 19.1 Å². The largest absolute Gasteiger partial charge is 0.416 e. The summed E-state index contributed by atoms with van der Waals surface area (Å²) < 4.78 is 40.7. The number of aromatic nitrogens is 3. The Hall–Kier alpha value is -3.72. The first-order valence-electron chi connectivity index (χ1n) is 12.9. The van der Waals surface area contributed by atoms with E-state index in [9.17, 15) is 18.0 Å². The number of halogens is 3. The molecule has 6 nitrogen and oxygen atoms in total. The van der Waals surface area contributed by atoms with E-state index in [2.05, 4.69) is 39.5 Å². The van der Waals surface area contributed by atoms with Crippen molar-refractivity contribution in [2.45, 2.75) is 44.9 Å². The molecule has 0 saturated carbocycles. The van der Waals surface area contributed by atoms with Crippen molar-refractivity contribution in [3.63, 3.8) is 0 Å². The Bertz CT molecular complexity index is 1440. The van der Waals surface area contributed by atoms with Crippen LogP contribution in [0.5, 0.6) is 0 Å². The summed E-state index contributed by atoms with van der Waals surface area (Å²) in [6.07, 6.45) is 0.172. The maximum atomic E-state index is 13.0. The van der Waals surface area contributed by atoms with E-state index in [1.54, 1.807) is 10.8 Å². The highest BCUT2D eigenvalue weighted by Gasteiger charge is 2.30. The number of piperidine rings is 1. The minimum Gasteiger partial charge on any atom is -0.341 e. The van der Waals surface area contributed by atoms with Gasteiger partial charge in [0, 0.05) is 43.3 Å². The molecule has 0 spiro atoms. The van der Waals surface area contributed by atoms with Gasteiger partial charge in [-0.05, 0) is 61.6 Å². The number of aryl methyl sites for hydroxylation is 1. The Balaban J connectivity index is 1.33. The van der Waals surface area contributed by atoms with Crippen LogP contribution in [0, 0.1) is 0 Å². The first-order chi connectivity index (χ1) is 18.3. The molecule has 0 bridgehead atoms. The lowest BCUT2D eigenvalue weighted by Crippen LogP contribution is -2.43. The van der Waals surface area contributed by atoms with Gasteiger partial charge in [-0.1, -0.05) is 42.5 Å². The molecule has 1 aliphatic rings. The molecule has 9 heteroatoms. The summed E-state index contributed by atoms with van der Waals surface area (Å²) in [4.78, 5) is 24.4. The van der Waals surface area contributed by atoms with Crippen molar-refractivity contribution in [3.8, 4) is 11.1 Å². The quantitative estimate of drug-likeness (QED) is 0.358. The summed E-state index contributed by atoms with van der Waals surface area (Å²) >= 11 is 0. The number of hydrogen-bond donors (Lipinski definition) is 1. The molecule has 0 aliphatic carbocycles. The second-order valence-corrected chi connectivity index (χ2v) is 9.57. The highest BCUT2D eigenvalue weighted by Crippen LogP contribution is 2.33.